The summed E-state index contributed by atoms with van der Waals surface area (Å²) in [5, 5.41) is 0.465. The zero-order chi connectivity index (χ0) is 19.5. The standard InChI is InChI=1S/C17H23ClN2O5S/c1-12(16(21)19(2)3)25-17(22)13-8-10-20(11-9-13)26(23,24)15-6-4-14(18)5-7-15/h4-7,12-13H,8-11H2,1-3H3/t12-/m0/s1. The van der Waals surface area contributed by atoms with Crippen molar-refractivity contribution < 1.29 is 22.7 Å². The van der Waals surface area contributed by atoms with Crippen LogP contribution >= 0.6 is 11.6 Å². The lowest BCUT2D eigenvalue weighted by atomic mass is 9.98. The highest BCUT2D eigenvalue weighted by molar-refractivity contribution is 7.89. The van der Waals surface area contributed by atoms with E-state index in [1.807, 2.05) is 0 Å². The number of benzene rings is 1. The van der Waals surface area contributed by atoms with Crippen LogP contribution in [0.1, 0.15) is 19.8 Å². The van der Waals surface area contributed by atoms with Crippen molar-refractivity contribution in [1.82, 2.24) is 9.21 Å². The van der Waals surface area contributed by atoms with Crippen LogP contribution < -0.4 is 0 Å². The van der Waals surface area contributed by atoms with Crippen LogP contribution in [-0.2, 0) is 24.3 Å². The molecule has 9 heteroatoms. The van der Waals surface area contributed by atoms with E-state index in [1.54, 1.807) is 14.1 Å². The first-order valence-corrected chi connectivity index (χ1v) is 10.1. The minimum atomic E-state index is -3.61. The van der Waals surface area contributed by atoms with Gasteiger partial charge in [0.15, 0.2) is 6.10 Å². The van der Waals surface area contributed by atoms with E-state index in [0.717, 1.165) is 0 Å². The summed E-state index contributed by atoms with van der Waals surface area (Å²) in [7, 11) is -0.434. The molecule has 1 aromatic rings. The minimum absolute atomic E-state index is 0.174. The molecule has 2 rings (SSSR count). The van der Waals surface area contributed by atoms with Crippen LogP contribution in [0.5, 0.6) is 0 Å². The number of halogens is 1. The molecule has 1 aliphatic heterocycles. The fourth-order valence-corrected chi connectivity index (χ4v) is 4.37. The maximum Gasteiger partial charge on any atom is 0.309 e. The third-order valence-corrected chi connectivity index (χ3v) is 6.48. The Morgan fingerprint density at radius 2 is 1.73 bits per heavy atom. The third kappa shape index (κ3) is 4.75. The predicted octanol–water partition coefficient (Wildman–Crippen LogP) is 1.76. The van der Waals surface area contributed by atoms with Crippen LogP contribution in [0.2, 0.25) is 5.02 Å². The van der Waals surface area contributed by atoms with E-state index in [4.69, 9.17) is 16.3 Å². The largest absolute Gasteiger partial charge is 0.452 e. The van der Waals surface area contributed by atoms with Crippen LogP contribution in [0.25, 0.3) is 0 Å². The summed E-state index contributed by atoms with van der Waals surface area (Å²) in [5.41, 5.74) is 0. The van der Waals surface area contributed by atoms with Gasteiger partial charge in [0, 0.05) is 32.2 Å². The number of piperidine rings is 1. The predicted molar refractivity (Wildman–Crippen MR) is 97.2 cm³/mol. The number of hydrogen-bond acceptors (Lipinski definition) is 5. The highest BCUT2D eigenvalue weighted by atomic mass is 35.5. The Balaban J connectivity index is 1.95. The summed E-state index contributed by atoms with van der Waals surface area (Å²) in [6.07, 6.45) is -0.142. The van der Waals surface area contributed by atoms with Gasteiger partial charge in [-0.05, 0) is 44.0 Å². The molecule has 1 aromatic carbocycles. The van der Waals surface area contributed by atoms with Crippen molar-refractivity contribution in [1.29, 1.82) is 0 Å². The zero-order valence-electron chi connectivity index (χ0n) is 15.0. The number of hydrogen-bond donors (Lipinski definition) is 0. The van der Waals surface area contributed by atoms with E-state index >= 15 is 0 Å². The number of carbonyl (C=O) groups excluding carboxylic acids is 2. The third-order valence-electron chi connectivity index (χ3n) is 4.32. The van der Waals surface area contributed by atoms with Crippen LogP contribution in [0.4, 0.5) is 0 Å². The molecule has 0 aliphatic carbocycles. The second-order valence-corrected chi connectivity index (χ2v) is 8.82. The van der Waals surface area contributed by atoms with Crippen molar-refractivity contribution in [3.8, 4) is 0 Å². The van der Waals surface area contributed by atoms with Crippen molar-refractivity contribution in [2.45, 2.75) is 30.8 Å². The first-order valence-electron chi connectivity index (χ1n) is 8.30. The smallest absolute Gasteiger partial charge is 0.309 e. The molecule has 7 nitrogen and oxygen atoms in total. The second-order valence-electron chi connectivity index (χ2n) is 6.44. The van der Waals surface area contributed by atoms with E-state index in [2.05, 4.69) is 0 Å². The Morgan fingerprint density at radius 3 is 2.23 bits per heavy atom. The summed E-state index contributed by atoms with van der Waals surface area (Å²) in [5.74, 6) is -1.17. The molecule has 1 aliphatic rings. The molecule has 1 fully saturated rings. The van der Waals surface area contributed by atoms with E-state index in [9.17, 15) is 18.0 Å². The van der Waals surface area contributed by atoms with Gasteiger partial charge in [-0.25, -0.2) is 8.42 Å². The highest BCUT2D eigenvalue weighted by Crippen LogP contribution is 2.25. The number of ether oxygens (including phenoxy) is 1. The van der Waals surface area contributed by atoms with Gasteiger partial charge in [0.2, 0.25) is 10.0 Å². The van der Waals surface area contributed by atoms with Gasteiger partial charge in [-0.15, -0.1) is 0 Å². The van der Waals surface area contributed by atoms with Crippen molar-refractivity contribution >= 4 is 33.5 Å². The lowest BCUT2D eigenvalue weighted by Gasteiger charge is -2.30. The van der Waals surface area contributed by atoms with E-state index in [0.29, 0.717) is 17.9 Å². The molecule has 26 heavy (non-hydrogen) atoms. The van der Waals surface area contributed by atoms with E-state index in [-0.39, 0.29) is 23.9 Å². The molecule has 144 valence electrons. The summed E-state index contributed by atoms with van der Waals surface area (Å²) >= 11 is 5.80. The van der Waals surface area contributed by atoms with Crippen LogP contribution in [0.15, 0.2) is 29.2 Å². The number of nitrogens with zero attached hydrogens (tertiary/aromatic N) is 2. The number of amides is 1. The summed E-state index contributed by atoms with van der Waals surface area (Å²) in [4.78, 5) is 25.5. The van der Waals surface area contributed by atoms with Gasteiger partial charge in [0.25, 0.3) is 5.91 Å². The Labute approximate surface area is 158 Å². The molecule has 1 amide bonds. The Kier molecular flexibility index (Phi) is 6.65. The minimum Gasteiger partial charge on any atom is -0.452 e. The Hall–Kier alpha value is -1.64. The average molecular weight is 403 g/mol. The topological polar surface area (TPSA) is 84.0 Å². The molecular weight excluding hydrogens is 380 g/mol. The summed E-state index contributed by atoms with van der Waals surface area (Å²) in [6.45, 7) is 1.97. The molecule has 0 bridgehead atoms. The maximum atomic E-state index is 12.6. The molecule has 0 N–H and O–H groups in total. The van der Waals surface area contributed by atoms with Gasteiger partial charge in [0.1, 0.15) is 0 Å². The van der Waals surface area contributed by atoms with E-state index < -0.39 is 28.0 Å². The molecule has 0 unspecified atom stereocenters. The number of likely N-dealkylation sites (N-methyl/N-ethyl adjacent to an activating group) is 1. The molecule has 1 saturated heterocycles. The number of rotatable bonds is 5. The Morgan fingerprint density at radius 1 is 1.19 bits per heavy atom. The fraction of sp³-hybridized carbons (Fsp3) is 0.529. The first kappa shape index (κ1) is 20.7. The van der Waals surface area contributed by atoms with Gasteiger partial charge in [0.05, 0.1) is 10.8 Å². The summed E-state index contributed by atoms with van der Waals surface area (Å²) < 4.78 is 31.8. The lowest BCUT2D eigenvalue weighted by molar-refractivity contribution is -0.162. The lowest BCUT2D eigenvalue weighted by Crippen LogP contribution is -2.42. The van der Waals surface area contributed by atoms with Crippen molar-refractivity contribution in [3.63, 3.8) is 0 Å². The van der Waals surface area contributed by atoms with Crippen LogP contribution in [0.3, 0.4) is 0 Å². The van der Waals surface area contributed by atoms with Gasteiger partial charge in [-0.1, -0.05) is 11.6 Å². The Bertz CT molecular complexity index is 756. The van der Waals surface area contributed by atoms with Gasteiger partial charge >= 0.3 is 5.97 Å². The van der Waals surface area contributed by atoms with E-state index in [1.165, 1.54) is 40.4 Å². The first-order chi connectivity index (χ1) is 12.1. The summed E-state index contributed by atoms with van der Waals surface area (Å²) in [6, 6.07) is 5.99. The second kappa shape index (κ2) is 8.37. The zero-order valence-corrected chi connectivity index (χ0v) is 16.6. The van der Waals surface area contributed by atoms with Crippen molar-refractivity contribution in [2.24, 2.45) is 5.92 Å². The molecule has 0 aromatic heterocycles. The van der Waals surface area contributed by atoms with Crippen LogP contribution in [0, 0.1) is 5.92 Å². The molecule has 0 spiro atoms. The molecule has 1 heterocycles. The van der Waals surface area contributed by atoms with Crippen LogP contribution in [-0.4, -0.2) is 62.8 Å². The molecular formula is C17H23ClN2O5S. The molecule has 1 atom stereocenters. The SMILES string of the molecule is C[C@H](OC(=O)C1CCN(S(=O)(=O)c2ccc(Cl)cc2)CC1)C(=O)N(C)C. The maximum absolute atomic E-state index is 12.6. The average Bonchev–Trinajstić information content (AvgIpc) is 2.61. The monoisotopic (exact) mass is 402 g/mol. The van der Waals surface area contributed by atoms with Gasteiger partial charge < -0.3 is 9.64 Å². The normalized spacial score (nSPS) is 17.5. The van der Waals surface area contributed by atoms with Gasteiger partial charge in [-0.2, -0.15) is 4.31 Å². The number of carbonyl (C=O) groups is 2. The fourth-order valence-electron chi connectivity index (χ4n) is 2.77. The number of esters is 1. The van der Waals surface area contributed by atoms with Crippen molar-refractivity contribution in [2.75, 3.05) is 27.2 Å². The van der Waals surface area contributed by atoms with Gasteiger partial charge in [-0.3, -0.25) is 9.59 Å². The quantitative estimate of drug-likeness (QED) is 0.701. The van der Waals surface area contributed by atoms with Crippen molar-refractivity contribution in [3.05, 3.63) is 29.3 Å². The number of sulfonamides is 1. The molecule has 0 saturated carbocycles. The molecule has 0 radical (unpaired) electrons. The highest BCUT2D eigenvalue weighted by Gasteiger charge is 2.34.